The van der Waals surface area contributed by atoms with Crippen molar-refractivity contribution in [3.8, 4) is 0 Å². The van der Waals surface area contributed by atoms with Gasteiger partial charge in [0.15, 0.2) is 5.96 Å². The fourth-order valence-electron chi connectivity index (χ4n) is 2.26. The third kappa shape index (κ3) is 6.70. The highest BCUT2D eigenvalue weighted by atomic mass is 127. The summed E-state index contributed by atoms with van der Waals surface area (Å²) < 4.78 is 26.2. The number of hydrogen-bond acceptors (Lipinski definition) is 5. The highest BCUT2D eigenvalue weighted by Crippen LogP contribution is 2.17. The summed E-state index contributed by atoms with van der Waals surface area (Å²) in [6.45, 7) is 3.65. The van der Waals surface area contributed by atoms with Gasteiger partial charge < -0.3 is 10.6 Å². The van der Waals surface area contributed by atoms with Crippen molar-refractivity contribution >= 4 is 63.1 Å². The van der Waals surface area contributed by atoms with Crippen LogP contribution in [0.1, 0.15) is 17.8 Å². The molecule has 24 heavy (non-hydrogen) atoms. The Morgan fingerprint density at radius 1 is 1.42 bits per heavy atom. The number of nitrogens with zero attached hydrogens (tertiary/aromatic N) is 2. The number of hydrogen-bond donors (Lipinski definition) is 2. The van der Waals surface area contributed by atoms with Crippen LogP contribution in [-0.4, -0.2) is 62.6 Å². The van der Waals surface area contributed by atoms with Crippen molar-refractivity contribution in [2.24, 2.45) is 4.99 Å². The molecule has 0 spiro atoms. The van der Waals surface area contributed by atoms with Crippen molar-refractivity contribution in [2.75, 3.05) is 43.9 Å². The molecule has 1 fully saturated rings. The molecule has 10 heteroatoms. The number of sulfonamides is 1. The van der Waals surface area contributed by atoms with Crippen molar-refractivity contribution in [3.63, 3.8) is 0 Å². The summed E-state index contributed by atoms with van der Waals surface area (Å²) in [5.74, 6) is 2.48. The van der Waals surface area contributed by atoms with E-state index in [0.29, 0.717) is 25.6 Å². The summed E-state index contributed by atoms with van der Waals surface area (Å²) in [6, 6.07) is 4.21. The van der Waals surface area contributed by atoms with Gasteiger partial charge in [-0.2, -0.15) is 11.8 Å². The van der Waals surface area contributed by atoms with Gasteiger partial charge in [-0.25, -0.2) is 12.7 Å². The lowest BCUT2D eigenvalue weighted by molar-refractivity contribution is 0.443. The molecule has 1 aliphatic heterocycles. The van der Waals surface area contributed by atoms with E-state index in [9.17, 15) is 8.42 Å². The van der Waals surface area contributed by atoms with E-state index in [1.54, 1.807) is 34.5 Å². The molecule has 0 aromatic carbocycles. The Kier molecular flexibility index (Phi) is 9.94. The Bertz CT molecular complexity index is 602. The molecule has 1 aliphatic rings. The van der Waals surface area contributed by atoms with Gasteiger partial charge >= 0.3 is 0 Å². The number of thioether (sulfide) groups is 1. The van der Waals surface area contributed by atoms with Crippen molar-refractivity contribution in [1.29, 1.82) is 0 Å². The average molecular weight is 504 g/mol. The highest BCUT2D eigenvalue weighted by Gasteiger charge is 2.23. The first-order chi connectivity index (χ1) is 11.0. The zero-order chi connectivity index (χ0) is 16.7. The first-order valence-corrected chi connectivity index (χ1v) is 11.2. The second kappa shape index (κ2) is 10.8. The predicted molar refractivity (Wildman–Crippen MR) is 115 cm³/mol. The summed E-state index contributed by atoms with van der Waals surface area (Å²) in [7, 11) is -1.49. The number of nitrogens with one attached hydrogen (secondary N) is 2. The molecule has 1 unspecified atom stereocenters. The van der Waals surface area contributed by atoms with Crippen LogP contribution >= 0.6 is 47.1 Å². The molecule has 6 nitrogen and oxygen atoms in total. The fraction of sp³-hybridized carbons (Fsp3) is 0.643. The smallest absolute Gasteiger partial charge is 0.215 e. The van der Waals surface area contributed by atoms with Crippen LogP contribution in [0.3, 0.4) is 0 Å². The number of rotatable bonds is 6. The van der Waals surface area contributed by atoms with E-state index in [4.69, 9.17) is 0 Å². The van der Waals surface area contributed by atoms with Crippen LogP contribution in [0.4, 0.5) is 0 Å². The van der Waals surface area contributed by atoms with E-state index in [-0.39, 0.29) is 35.8 Å². The lowest BCUT2D eigenvalue weighted by Gasteiger charge is -2.25. The first kappa shape index (κ1) is 22.0. The van der Waals surface area contributed by atoms with Gasteiger partial charge in [-0.15, -0.1) is 35.3 Å². The number of thiophene rings is 1. The summed E-state index contributed by atoms with van der Waals surface area (Å²) in [5, 5.41) is 8.40. The Balaban J connectivity index is 0.00000288. The lowest BCUT2D eigenvalue weighted by atomic mass is 10.3. The lowest BCUT2D eigenvalue weighted by Crippen LogP contribution is -2.44. The molecule has 1 aromatic rings. The monoisotopic (exact) mass is 504 g/mol. The van der Waals surface area contributed by atoms with Crippen LogP contribution in [-0.2, 0) is 10.0 Å². The van der Waals surface area contributed by atoms with E-state index >= 15 is 0 Å². The quantitative estimate of drug-likeness (QED) is 0.352. The minimum absolute atomic E-state index is 0. The molecule has 0 saturated carbocycles. The predicted octanol–water partition coefficient (Wildman–Crippen LogP) is 1.97. The largest absolute Gasteiger partial charge is 0.355 e. The number of guanidine groups is 1. The summed E-state index contributed by atoms with van der Waals surface area (Å²) in [5.41, 5.74) is 0. The summed E-state index contributed by atoms with van der Waals surface area (Å²) in [6.07, 6.45) is 0. The van der Waals surface area contributed by atoms with E-state index < -0.39 is 10.0 Å². The zero-order valence-corrected chi connectivity index (χ0v) is 18.7. The average Bonchev–Trinajstić information content (AvgIpc) is 3.09. The van der Waals surface area contributed by atoms with E-state index in [1.807, 2.05) is 11.4 Å². The molecule has 0 radical (unpaired) electrons. The van der Waals surface area contributed by atoms with Gasteiger partial charge in [0.2, 0.25) is 10.0 Å². The van der Waals surface area contributed by atoms with E-state index in [2.05, 4.69) is 28.6 Å². The van der Waals surface area contributed by atoms with Crippen LogP contribution in [0.25, 0.3) is 0 Å². The van der Waals surface area contributed by atoms with Crippen molar-refractivity contribution < 1.29 is 8.42 Å². The van der Waals surface area contributed by atoms with Gasteiger partial charge in [0, 0.05) is 43.1 Å². The number of halogens is 1. The Morgan fingerprint density at radius 3 is 2.71 bits per heavy atom. The molecule has 0 bridgehead atoms. The molecule has 2 rings (SSSR count). The Morgan fingerprint density at radius 2 is 2.12 bits per heavy atom. The third-order valence-electron chi connectivity index (χ3n) is 3.56. The minimum Gasteiger partial charge on any atom is -0.355 e. The summed E-state index contributed by atoms with van der Waals surface area (Å²) >= 11 is 3.48. The molecule has 138 valence electrons. The van der Waals surface area contributed by atoms with Crippen LogP contribution in [0.15, 0.2) is 22.5 Å². The molecule has 1 aromatic heterocycles. The third-order valence-corrected chi connectivity index (χ3v) is 7.43. The first-order valence-electron chi connectivity index (χ1n) is 7.59. The summed E-state index contributed by atoms with van der Waals surface area (Å²) in [4.78, 5) is 5.37. The normalized spacial score (nSPS) is 17.8. The van der Waals surface area contributed by atoms with Crippen molar-refractivity contribution in [1.82, 2.24) is 14.9 Å². The number of aliphatic imine (C=N–C) groups is 1. The van der Waals surface area contributed by atoms with Crippen LogP contribution in [0.5, 0.6) is 0 Å². The zero-order valence-electron chi connectivity index (χ0n) is 13.9. The van der Waals surface area contributed by atoms with Gasteiger partial charge in [0.25, 0.3) is 0 Å². The van der Waals surface area contributed by atoms with Crippen molar-refractivity contribution in [3.05, 3.63) is 22.4 Å². The second-order valence-electron chi connectivity index (χ2n) is 5.21. The highest BCUT2D eigenvalue weighted by molar-refractivity contribution is 14.0. The molecule has 2 heterocycles. The fourth-order valence-corrected chi connectivity index (χ4v) is 5.49. The molecular formula is C14H25IN4O2S3. The second-order valence-corrected chi connectivity index (χ2v) is 9.50. The maximum absolute atomic E-state index is 12.3. The van der Waals surface area contributed by atoms with Gasteiger partial charge in [-0.3, -0.25) is 4.99 Å². The molecule has 2 N–H and O–H groups in total. The van der Waals surface area contributed by atoms with Gasteiger partial charge in [0.05, 0.1) is 11.8 Å². The maximum Gasteiger partial charge on any atom is 0.215 e. The van der Waals surface area contributed by atoms with Crippen LogP contribution in [0.2, 0.25) is 0 Å². The van der Waals surface area contributed by atoms with Gasteiger partial charge in [0.1, 0.15) is 0 Å². The SMILES string of the molecule is CN=C(NCCS(=O)(=O)N1CCSCC1)NC(C)c1cccs1.I. The molecule has 1 saturated heterocycles. The standard InChI is InChI=1S/C14H24N4O2S3.HI/c1-12(13-4-3-8-22-13)17-14(15-2)16-5-11-23(19,20)18-6-9-21-10-7-18;/h3-4,8,12H,5-7,9-11H2,1-2H3,(H2,15,16,17);1H. The Hall–Kier alpha value is -0.0400. The minimum atomic E-state index is -3.18. The molecule has 0 amide bonds. The van der Waals surface area contributed by atoms with Crippen LogP contribution in [0, 0.1) is 0 Å². The topological polar surface area (TPSA) is 73.8 Å². The molecule has 0 aliphatic carbocycles. The van der Waals surface area contributed by atoms with Crippen LogP contribution < -0.4 is 10.6 Å². The molecule has 1 atom stereocenters. The van der Waals surface area contributed by atoms with Crippen molar-refractivity contribution in [2.45, 2.75) is 13.0 Å². The van der Waals surface area contributed by atoms with E-state index in [1.165, 1.54) is 4.88 Å². The van der Waals surface area contributed by atoms with Gasteiger partial charge in [-0.05, 0) is 18.4 Å². The van der Waals surface area contributed by atoms with Gasteiger partial charge in [-0.1, -0.05) is 6.07 Å². The molecular weight excluding hydrogens is 479 g/mol. The maximum atomic E-state index is 12.3. The Labute approximate surface area is 169 Å². The van der Waals surface area contributed by atoms with E-state index in [0.717, 1.165) is 11.5 Å².